The summed E-state index contributed by atoms with van der Waals surface area (Å²) in [5, 5.41) is 16.4. The maximum atomic E-state index is 10.7. The van der Waals surface area contributed by atoms with Crippen molar-refractivity contribution in [3.63, 3.8) is 0 Å². The van der Waals surface area contributed by atoms with Crippen LogP contribution in [-0.2, 0) is 19.1 Å². The Morgan fingerprint density at radius 3 is 1.50 bits per heavy atom. The number of carbonyl (C=O) groups excluding carboxylic acids is 2. The molecule has 0 aromatic carbocycles. The van der Waals surface area contributed by atoms with Gasteiger partial charge in [0.15, 0.2) is 13.6 Å². The summed E-state index contributed by atoms with van der Waals surface area (Å²) in [6.07, 6.45) is 1.29. The highest BCUT2D eigenvalue weighted by Gasteiger charge is 2.04. The van der Waals surface area contributed by atoms with Crippen LogP contribution in [0.2, 0.25) is 0 Å². The second-order valence-electron chi connectivity index (χ2n) is 2.50. The van der Waals surface area contributed by atoms with Crippen molar-refractivity contribution in [3.8, 4) is 0 Å². The van der Waals surface area contributed by atoms with Crippen molar-refractivity contribution in [2.45, 2.75) is 25.7 Å². The molecule has 6 nitrogen and oxygen atoms in total. The number of carbonyl (C=O) groups is 2. The molecule has 82 valence electrons. The van der Waals surface area contributed by atoms with Gasteiger partial charge in [-0.05, 0) is 12.8 Å². The molecule has 0 aromatic heterocycles. The highest BCUT2D eigenvalue weighted by Crippen LogP contribution is 2.02. The molecule has 2 N–H and O–H groups in total. The molecule has 0 saturated carbocycles. The van der Waals surface area contributed by atoms with Gasteiger partial charge in [-0.15, -0.1) is 0 Å². The minimum atomic E-state index is -0.620. The first-order valence-corrected chi connectivity index (χ1v) is 4.23. The molecule has 0 aliphatic carbocycles. The molecule has 6 heteroatoms. The van der Waals surface area contributed by atoms with Crippen LogP contribution in [0.4, 0.5) is 0 Å². The molecule has 0 fully saturated rings. The number of hydrogen-bond acceptors (Lipinski definition) is 6. The van der Waals surface area contributed by atoms with Crippen LogP contribution in [-0.4, -0.2) is 35.7 Å². The van der Waals surface area contributed by atoms with Gasteiger partial charge in [-0.2, -0.15) is 0 Å². The predicted octanol–water partition coefficient (Wildman–Crippen LogP) is -0.467. The fourth-order valence-electron chi connectivity index (χ4n) is 0.827. The minimum Gasteiger partial charge on any atom is -0.439 e. The van der Waals surface area contributed by atoms with Crippen LogP contribution in [0.1, 0.15) is 25.7 Å². The van der Waals surface area contributed by atoms with Gasteiger partial charge in [-0.1, -0.05) is 0 Å². The van der Waals surface area contributed by atoms with Crippen molar-refractivity contribution in [1.29, 1.82) is 0 Å². The lowest BCUT2D eigenvalue weighted by molar-refractivity contribution is -0.154. The summed E-state index contributed by atoms with van der Waals surface area (Å²) in [5.74, 6) is -0.994. The summed E-state index contributed by atoms with van der Waals surface area (Å²) < 4.78 is 8.51. The van der Waals surface area contributed by atoms with E-state index in [1.807, 2.05) is 0 Å². The molecular weight excluding hydrogens is 192 g/mol. The molecule has 0 bridgehead atoms. The van der Waals surface area contributed by atoms with Gasteiger partial charge in [0.2, 0.25) is 0 Å². The number of unbranched alkanes of at least 4 members (excludes halogenated alkanes) is 1. The Morgan fingerprint density at radius 1 is 0.857 bits per heavy atom. The van der Waals surface area contributed by atoms with E-state index in [9.17, 15) is 9.59 Å². The zero-order valence-electron chi connectivity index (χ0n) is 7.77. The second-order valence-corrected chi connectivity index (χ2v) is 2.50. The molecule has 0 spiro atoms. The molecule has 0 unspecified atom stereocenters. The van der Waals surface area contributed by atoms with Gasteiger partial charge in [0, 0.05) is 12.8 Å². The van der Waals surface area contributed by atoms with Gasteiger partial charge in [-0.3, -0.25) is 9.59 Å². The van der Waals surface area contributed by atoms with Gasteiger partial charge in [0.25, 0.3) is 0 Å². The quantitative estimate of drug-likeness (QED) is 0.332. The summed E-state index contributed by atoms with van der Waals surface area (Å²) >= 11 is 0. The van der Waals surface area contributed by atoms with E-state index in [2.05, 4.69) is 9.47 Å². The topological polar surface area (TPSA) is 93.1 Å². The van der Waals surface area contributed by atoms with Gasteiger partial charge in [0.05, 0.1) is 0 Å². The van der Waals surface area contributed by atoms with Crippen molar-refractivity contribution in [1.82, 2.24) is 0 Å². The average molecular weight is 206 g/mol. The fraction of sp³-hybridized carbons (Fsp3) is 0.750. The van der Waals surface area contributed by atoms with Crippen molar-refractivity contribution >= 4 is 11.9 Å². The van der Waals surface area contributed by atoms with Crippen LogP contribution >= 0.6 is 0 Å². The predicted molar refractivity (Wildman–Crippen MR) is 44.8 cm³/mol. The van der Waals surface area contributed by atoms with Gasteiger partial charge >= 0.3 is 11.9 Å². The number of ether oxygens (including phenoxy) is 2. The number of aliphatic hydroxyl groups excluding tert-OH is 2. The van der Waals surface area contributed by atoms with Gasteiger partial charge in [-0.25, -0.2) is 0 Å². The van der Waals surface area contributed by atoms with E-state index in [0.29, 0.717) is 12.8 Å². The Morgan fingerprint density at radius 2 is 1.21 bits per heavy atom. The smallest absolute Gasteiger partial charge is 0.307 e. The monoisotopic (exact) mass is 206 g/mol. The Labute approximate surface area is 81.4 Å². The summed E-state index contributed by atoms with van der Waals surface area (Å²) in [4.78, 5) is 21.4. The summed E-state index contributed by atoms with van der Waals surface area (Å²) in [6, 6.07) is 0. The van der Waals surface area contributed by atoms with Gasteiger partial charge < -0.3 is 19.7 Å². The molecule has 0 amide bonds. The van der Waals surface area contributed by atoms with Crippen molar-refractivity contribution < 1.29 is 29.3 Å². The lowest BCUT2D eigenvalue weighted by atomic mass is 10.2. The third-order valence-electron chi connectivity index (χ3n) is 1.46. The van der Waals surface area contributed by atoms with Crippen LogP contribution in [0.5, 0.6) is 0 Å². The number of rotatable bonds is 7. The summed E-state index contributed by atoms with van der Waals surface area (Å²) in [7, 11) is 0. The molecule has 0 rings (SSSR count). The van der Waals surface area contributed by atoms with E-state index in [0.717, 1.165) is 0 Å². The lowest BCUT2D eigenvalue weighted by Crippen LogP contribution is -2.07. The normalized spacial score (nSPS) is 9.57. The number of esters is 2. The van der Waals surface area contributed by atoms with Crippen LogP contribution in [0, 0.1) is 0 Å². The molecule has 0 saturated heterocycles. The Bertz CT molecular complexity index is 159. The minimum absolute atomic E-state index is 0.160. The standard InChI is InChI=1S/C8H14O6/c9-5-13-7(11)3-1-2-4-8(12)14-6-10/h9-10H,1-6H2. The van der Waals surface area contributed by atoms with E-state index >= 15 is 0 Å². The number of aliphatic hydroxyl groups is 2. The first-order chi connectivity index (χ1) is 6.70. The van der Waals surface area contributed by atoms with Crippen LogP contribution in [0.3, 0.4) is 0 Å². The van der Waals surface area contributed by atoms with Crippen molar-refractivity contribution in [3.05, 3.63) is 0 Å². The van der Waals surface area contributed by atoms with Crippen molar-refractivity contribution in [2.75, 3.05) is 13.6 Å². The van der Waals surface area contributed by atoms with Crippen molar-refractivity contribution in [2.24, 2.45) is 0 Å². The third-order valence-corrected chi connectivity index (χ3v) is 1.46. The van der Waals surface area contributed by atoms with E-state index in [1.54, 1.807) is 0 Å². The molecule has 0 aromatic rings. The number of hydrogen-bond donors (Lipinski definition) is 2. The second kappa shape index (κ2) is 8.46. The Balaban J connectivity index is 3.28. The van der Waals surface area contributed by atoms with E-state index in [4.69, 9.17) is 10.2 Å². The fourth-order valence-corrected chi connectivity index (χ4v) is 0.827. The maximum absolute atomic E-state index is 10.7. The molecule has 14 heavy (non-hydrogen) atoms. The molecular formula is C8H14O6. The van der Waals surface area contributed by atoms with E-state index < -0.39 is 25.5 Å². The molecule has 0 radical (unpaired) electrons. The first-order valence-electron chi connectivity index (χ1n) is 4.23. The zero-order valence-corrected chi connectivity index (χ0v) is 7.77. The largest absolute Gasteiger partial charge is 0.439 e. The van der Waals surface area contributed by atoms with E-state index in [1.165, 1.54) is 0 Å². The maximum Gasteiger partial charge on any atom is 0.307 e. The Kier molecular flexibility index (Phi) is 7.77. The molecule has 0 aliphatic rings. The first kappa shape index (κ1) is 12.9. The summed E-state index contributed by atoms with van der Waals surface area (Å²) in [6.45, 7) is -1.24. The van der Waals surface area contributed by atoms with E-state index in [-0.39, 0.29) is 12.8 Å². The highest BCUT2D eigenvalue weighted by atomic mass is 16.6. The zero-order chi connectivity index (χ0) is 10.8. The van der Waals surface area contributed by atoms with Crippen LogP contribution in [0.15, 0.2) is 0 Å². The Hall–Kier alpha value is -1.14. The molecule has 0 atom stereocenters. The summed E-state index contributed by atoms with van der Waals surface area (Å²) in [5.41, 5.74) is 0. The van der Waals surface area contributed by atoms with Crippen LogP contribution in [0.25, 0.3) is 0 Å². The lowest BCUT2D eigenvalue weighted by Gasteiger charge is -2.01. The molecule has 0 heterocycles. The van der Waals surface area contributed by atoms with Gasteiger partial charge in [0.1, 0.15) is 0 Å². The third kappa shape index (κ3) is 7.51. The SMILES string of the molecule is O=C(CCCCC(=O)OCO)OCO. The highest BCUT2D eigenvalue weighted by molar-refractivity contribution is 5.70. The van der Waals surface area contributed by atoms with Crippen LogP contribution < -0.4 is 0 Å². The molecule has 0 aliphatic heterocycles. The average Bonchev–Trinajstić information content (AvgIpc) is 2.13.